The summed E-state index contributed by atoms with van der Waals surface area (Å²) in [7, 11) is 1.85. The van der Waals surface area contributed by atoms with Gasteiger partial charge >= 0.3 is 0 Å². The Morgan fingerprint density at radius 2 is 2.27 bits per heavy atom. The zero-order valence-corrected chi connectivity index (χ0v) is 14.9. The maximum Gasteiger partial charge on any atom is 0.226 e. The van der Waals surface area contributed by atoms with Gasteiger partial charge in [-0.15, -0.1) is 0 Å². The fourth-order valence-electron chi connectivity index (χ4n) is 3.41. The number of nitrogens with one attached hydrogen (secondary N) is 1. The minimum Gasteiger partial charge on any atom is -0.352 e. The third kappa shape index (κ3) is 3.47. The Morgan fingerprint density at radius 3 is 2.92 bits per heavy atom. The van der Waals surface area contributed by atoms with Gasteiger partial charge in [0.15, 0.2) is 0 Å². The summed E-state index contributed by atoms with van der Waals surface area (Å²) >= 11 is 0. The fourth-order valence-corrected chi connectivity index (χ4v) is 3.41. The molecule has 0 unspecified atom stereocenters. The molecule has 3 heterocycles. The van der Waals surface area contributed by atoms with E-state index < -0.39 is 12.6 Å². The lowest BCUT2D eigenvalue weighted by Crippen LogP contribution is -2.36. The van der Waals surface area contributed by atoms with E-state index in [1.54, 1.807) is 29.7 Å². The van der Waals surface area contributed by atoms with Gasteiger partial charge in [0.25, 0.3) is 0 Å². The van der Waals surface area contributed by atoms with E-state index in [2.05, 4.69) is 15.4 Å². The average molecular weight is 362 g/mol. The topological polar surface area (TPSA) is 85.1 Å². The fraction of sp³-hybridized carbons (Fsp3) is 0.529. The zero-order chi connectivity index (χ0) is 18.7. The van der Waals surface area contributed by atoms with E-state index in [0.717, 1.165) is 5.56 Å². The monoisotopic (exact) mass is 362 g/mol. The highest BCUT2D eigenvalue weighted by Crippen LogP contribution is 2.37. The first-order chi connectivity index (χ1) is 12.5. The van der Waals surface area contributed by atoms with Crippen molar-refractivity contribution >= 4 is 11.8 Å². The molecule has 8 nitrogen and oxygen atoms in total. The number of imidazole rings is 1. The molecule has 1 N–H and O–H groups in total. The molecule has 26 heavy (non-hydrogen) atoms. The molecule has 1 aliphatic rings. The van der Waals surface area contributed by atoms with E-state index in [1.807, 2.05) is 18.5 Å². The Bertz CT molecular complexity index is 786. The zero-order valence-electron chi connectivity index (χ0n) is 14.9. The van der Waals surface area contributed by atoms with Gasteiger partial charge < -0.3 is 14.8 Å². The molecule has 0 bridgehead atoms. The molecule has 0 spiro atoms. The Balaban J connectivity index is 1.72. The summed E-state index contributed by atoms with van der Waals surface area (Å²) in [6.45, 7) is 2.41. The summed E-state index contributed by atoms with van der Waals surface area (Å²) in [6.07, 6.45) is 6.94. The van der Waals surface area contributed by atoms with Crippen LogP contribution in [0.2, 0.25) is 0 Å². The van der Waals surface area contributed by atoms with Gasteiger partial charge in [-0.25, -0.2) is 9.37 Å². The Hall–Kier alpha value is -2.71. The number of rotatable bonds is 7. The summed E-state index contributed by atoms with van der Waals surface area (Å²) in [4.78, 5) is 31.2. The van der Waals surface area contributed by atoms with E-state index in [4.69, 9.17) is 0 Å². The van der Waals surface area contributed by atoms with Crippen LogP contribution in [-0.4, -0.2) is 49.3 Å². The molecule has 140 valence electrons. The molecule has 1 saturated heterocycles. The van der Waals surface area contributed by atoms with Gasteiger partial charge in [-0.05, 0) is 6.92 Å². The molecule has 2 atom stereocenters. The number of halogens is 1. The van der Waals surface area contributed by atoms with Crippen molar-refractivity contribution in [1.82, 2.24) is 29.5 Å². The largest absolute Gasteiger partial charge is 0.352 e. The molecule has 3 rings (SSSR count). The standard InChI is InChI=1S/C17H23FN6O2/c1-3-24-14(25)8-13(15(24)16-19-5-7-22(16)2)17(26)20-9-12-10-21-23(11-12)6-4-18/h5,7,10-11,13,15H,3-4,6,8-9H2,1-2H3,(H,20,26)/t13-,15-/m0/s1. The van der Waals surface area contributed by atoms with Gasteiger partial charge in [-0.3, -0.25) is 14.3 Å². The highest BCUT2D eigenvalue weighted by molar-refractivity contribution is 5.90. The lowest BCUT2D eigenvalue weighted by molar-refractivity contribution is -0.129. The highest BCUT2D eigenvalue weighted by atomic mass is 19.1. The predicted molar refractivity (Wildman–Crippen MR) is 91.5 cm³/mol. The molecule has 0 radical (unpaired) electrons. The van der Waals surface area contributed by atoms with E-state index in [-0.39, 0.29) is 37.4 Å². The maximum absolute atomic E-state index is 12.8. The highest BCUT2D eigenvalue weighted by Gasteiger charge is 2.45. The normalized spacial score (nSPS) is 20.0. The number of hydrogen-bond donors (Lipinski definition) is 1. The van der Waals surface area contributed by atoms with E-state index in [0.29, 0.717) is 12.4 Å². The third-order valence-corrected chi connectivity index (χ3v) is 4.70. The van der Waals surface area contributed by atoms with Gasteiger partial charge in [0.2, 0.25) is 11.8 Å². The van der Waals surface area contributed by atoms with Gasteiger partial charge in [-0.2, -0.15) is 5.10 Å². The molecular weight excluding hydrogens is 339 g/mol. The van der Waals surface area contributed by atoms with Crippen LogP contribution in [0.3, 0.4) is 0 Å². The number of aryl methyl sites for hydroxylation is 2. The van der Waals surface area contributed by atoms with E-state index in [9.17, 15) is 14.0 Å². The van der Waals surface area contributed by atoms with Crippen LogP contribution in [0.25, 0.3) is 0 Å². The molecule has 2 aromatic rings. The van der Waals surface area contributed by atoms with Crippen LogP contribution in [0.15, 0.2) is 24.8 Å². The first-order valence-corrected chi connectivity index (χ1v) is 8.66. The molecule has 9 heteroatoms. The average Bonchev–Trinajstić information content (AvgIpc) is 3.31. The maximum atomic E-state index is 12.8. The minimum atomic E-state index is -0.496. The first-order valence-electron chi connectivity index (χ1n) is 8.66. The van der Waals surface area contributed by atoms with Crippen molar-refractivity contribution in [3.63, 3.8) is 0 Å². The lowest BCUT2D eigenvalue weighted by atomic mass is 9.98. The predicted octanol–water partition coefficient (Wildman–Crippen LogP) is 0.812. The summed E-state index contributed by atoms with van der Waals surface area (Å²) in [5.74, 6) is -0.0324. The van der Waals surface area contributed by atoms with Crippen molar-refractivity contribution < 1.29 is 14.0 Å². The smallest absolute Gasteiger partial charge is 0.226 e. The minimum absolute atomic E-state index is 0.0450. The Morgan fingerprint density at radius 1 is 1.46 bits per heavy atom. The molecule has 0 aliphatic carbocycles. The van der Waals surface area contributed by atoms with Crippen LogP contribution in [0.4, 0.5) is 4.39 Å². The van der Waals surface area contributed by atoms with Crippen LogP contribution in [-0.2, 0) is 29.7 Å². The van der Waals surface area contributed by atoms with Gasteiger partial charge in [0.1, 0.15) is 18.5 Å². The molecule has 1 fully saturated rings. The van der Waals surface area contributed by atoms with Crippen molar-refractivity contribution in [1.29, 1.82) is 0 Å². The van der Waals surface area contributed by atoms with Crippen molar-refractivity contribution in [3.8, 4) is 0 Å². The van der Waals surface area contributed by atoms with E-state index >= 15 is 0 Å². The second-order valence-electron chi connectivity index (χ2n) is 6.35. The summed E-state index contributed by atoms with van der Waals surface area (Å²) in [5, 5.41) is 6.91. The number of amides is 2. The van der Waals surface area contributed by atoms with Crippen LogP contribution in [0.5, 0.6) is 0 Å². The SMILES string of the molecule is CCN1C(=O)C[C@H](C(=O)NCc2cnn(CCF)c2)[C@H]1c1nccn1C. The van der Waals surface area contributed by atoms with Crippen LogP contribution in [0.1, 0.15) is 30.8 Å². The number of hydrogen-bond acceptors (Lipinski definition) is 4. The van der Waals surface area contributed by atoms with Gasteiger partial charge in [0, 0.05) is 50.7 Å². The number of aromatic nitrogens is 4. The number of alkyl halides is 1. The molecule has 2 amide bonds. The molecule has 2 aromatic heterocycles. The summed E-state index contributed by atoms with van der Waals surface area (Å²) in [6, 6.07) is -0.373. The number of nitrogens with zero attached hydrogens (tertiary/aromatic N) is 5. The Labute approximate surface area is 151 Å². The second kappa shape index (κ2) is 7.67. The molecule has 0 aromatic carbocycles. The number of carbonyl (C=O) groups is 2. The Kier molecular flexibility index (Phi) is 5.34. The quantitative estimate of drug-likeness (QED) is 0.790. The van der Waals surface area contributed by atoms with Crippen molar-refractivity contribution in [2.45, 2.75) is 32.5 Å². The second-order valence-corrected chi connectivity index (χ2v) is 6.35. The molecule has 1 aliphatic heterocycles. The summed E-state index contributed by atoms with van der Waals surface area (Å²) < 4.78 is 15.7. The number of carbonyl (C=O) groups excluding carboxylic acids is 2. The van der Waals surface area contributed by atoms with Crippen molar-refractivity contribution in [2.75, 3.05) is 13.2 Å². The van der Waals surface area contributed by atoms with Gasteiger partial charge in [-0.1, -0.05) is 0 Å². The number of likely N-dealkylation sites (tertiary alicyclic amines) is 1. The third-order valence-electron chi connectivity index (χ3n) is 4.70. The van der Waals surface area contributed by atoms with Crippen molar-refractivity contribution in [2.24, 2.45) is 13.0 Å². The molecular formula is C17H23FN6O2. The molecule has 0 saturated carbocycles. The van der Waals surface area contributed by atoms with Crippen molar-refractivity contribution in [3.05, 3.63) is 36.2 Å². The lowest BCUT2D eigenvalue weighted by Gasteiger charge is -2.26. The summed E-state index contributed by atoms with van der Waals surface area (Å²) in [5.41, 5.74) is 0.789. The first kappa shape index (κ1) is 18.1. The van der Waals surface area contributed by atoms with Crippen LogP contribution in [0, 0.1) is 5.92 Å². The van der Waals surface area contributed by atoms with Gasteiger partial charge in [0.05, 0.1) is 18.7 Å². The van der Waals surface area contributed by atoms with Crippen LogP contribution < -0.4 is 5.32 Å². The van der Waals surface area contributed by atoms with E-state index in [1.165, 1.54) is 4.68 Å². The van der Waals surface area contributed by atoms with Crippen LogP contribution >= 0.6 is 0 Å².